The molecule has 0 bridgehead atoms. The molecule has 3 heterocycles. The third-order valence-electron chi connectivity index (χ3n) is 7.62. The molecular weight excluding hydrogens is 506 g/mol. The molecule has 1 fully saturated rings. The van der Waals surface area contributed by atoms with Crippen LogP contribution in [0.25, 0.3) is 10.9 Å². The molecule has 208 valence electrons. The average molecular weight is 542 g/mol. The Morgan fingerprint density at radius 1 is 1.10 bits per heavy atom. The number of nitrogens with zero attached hydrogens (tertiary/aromatic N) is 3. The smallest absolute Gasteiger partial charge is 0.323 e. The molecule has 5 rings (SSSR count). The van der Waals surface area contributed by atoms with Crippen LogP contribution >= 0.6 is 0 Å². The Morgan fingerprint density at radius 2 is 1.85 bits per heavy atom. The van der Waals surface area contributed by atoms with E-state index >= 15 is 0 Å². The van der Waals surface area contributed by atoms with Crippen molar-refractivity contribution in [2.24, 2.45) is 5.73 Å². The summed E-state index contributed by atoms with van der Waals surface area (Å²) in [4.78, 5) is 31.5. The molecule has 1 aliphatic rings. The molecule has 2 aromatic carbocycles. The van der Waals surface area contributed by atoms with Crippen LogP contribution in [0.3, 0.4) is 0 Å². The summed E-state index contributed by atoms with van der Waals surface area (Å²) in [5, 5.41) is 12.9. The average Bonchev–Trinajstić information content (AvgIpc) is 3.28. The number of amides is 2. The number of aromatic nitrogens is 2. The van der Waals surface area contributed by atoms with Crippen LogP contribution in [-0.2, 0) is 6.42 Å². The molecule has 40 heavy (non-hydrogen) atoms. The second kappa shape index (κ2) is 11.9. The molecule has 1 aliphatic heterocycles. The van der Waals surface area contributed by atoms with Crippen molar-refractivity contribution in [3.63, 3.8) is 0 Å². The van der Waals surface area contributed by atoms with E-state index in [-0.39, 0.29) is 12.5 Å². The summed E-state index contributed by atoms with van der Waals surface area (Å²) in [6.07, 6.45) is 4.38. The topological polar surface area (TPSA) is 123 Å². The summed E-state index contributed by atoms with van der Waals surface area (Å²) >= 11 is 0. The molecule has 2 aromatic heterocycles. The van der Waals surface area contributed by atoms with Crippen molar-refractivity contribution in [2.75, 3.05) is 31.6 Å². The van der Waals surface area contributed by atoms with E-state index in [1.807, 2.05) is 56.3 Å². The van der Waals surface area contributed by atoms with Gasteiger partial charge in [0, 0.05) is 35.5 Å². The van der Waals surface area contributed by atoms with Crippen LogP contribution in [0.15, 0.2) is 60.8 Å². The first kappa shape index (κ1) is 27.4. The predicted molar refractivity (Wildman–Crippen MR) is 155 cm³/mol. The van der Waals surface area contributed by atoms with Crippen LogP contribution in [0.4, 0.5) is 10.6 Å². The minimum Gasteiger partial charge on any atom is -0.457 e. The maximum absolute atomic E-state index is 13.0. The first-order valence-electron chi connectivity index (χ1n) is 13.7. The van der Waals surface area contributed by atoms with Crippen LogP contribution in [0, 0.1) is 6.92 Å². The highest BCUT2D eigenvalue weighted by atomic mass is 16.5. The number of ether oxygens (including phenoxy) is 1. The van der Waals surface area contributed by atoms with E-state index in [4.69, 9.17) is 15.6 Å². The zero-order chi connectivity index (χ0) is 28.2. The molecule has 4 aromatic rings. The molecule has 2 amide bonds. The molecule has 0 unspecified atom stereocenters. The van der Waals surface area contributed by atoms with Gasteiger partial charge in [-0.3, -0.25) is 9.36 Å². The second-order valence-electron chi connectivity index (χ2n) is 10.2. The number of nitrogens with two attached hydrogens (primary N) is 1. The van der Waals surface area contributed by atoms with Gasteiger partial charge in [-0.05, 0) is 92.7 Å². The van der Waals surface area contributed by atoms with Crippen molar-refractivity contribution >= 4 is 28.7 Å². The molecule has 0 radical (unpaired) electrons. The van der Waals surface area contributed by atoms with E-state index in [0.717, 1.165) is 54.6 Å². The van der Waals surface area contributed by atoms with Crippen molar-refractivity contribution in [3.05, 3.63) is 83.2 Å². The van der Waals surface area contributed by atoms with E-state index in [1.165, 1.54) is 10.1 Å². The van der Waals surface area contributed by atoms with Gasteiger partial charge >= 0.3 is 6.03 Å². The number of hydrogen-bond donors (Lipinski definition) is 3. The van der Waals surface area contributed by atoms with E-state index in [2.05, 4.69) is 15.2 Å². The lowest BCUT2D eigenvalue weighted by Gasteiger charge is -2.31. The molecule has 9 heteroatoms. The molecular formula is C31H35N5O4. The summed E-state index contributed by atoms with van der Waals surface area (Å²) in [5.74, 6) is 1.81. The van der Waals surface area contributed by atoms with Gasteiger partial charge in [-0.15, -0.1) is 0 Å². The summed E-state index contributed by atoms with van der Waals surface area (Å²) in [7, 11) is 0. The standard InChI is InChI=1S/C31H35N5O4/c1-3-21-17-27-25(16-20(2)36(27)31(32)39)18-28(21)40-26-8-11-33-29(19-26)34-30(38)24-6-4-22(5-7-24)23-9-12-35(13-10-23)14-15-37/h4-8,11,16-19,23,37H,3,9-10,12-15H2,1-2H3,(H2,32,39)(H,33,34,38). The molecule has 4 N–H and O–H groups in total. The van der Waals surface area contributed by atoms with E-state index in [9.17, 15) is 9.59 Å². The maximum Gasteiger partial charge on any atom is 0.323 e. The van der Waals surface area contributed by atoms with Gasteiger partial charge in [-0.2, -0.15) is 0 Å². The summed E-state index contributed by atoms with van der Waals surface area (Å²) in [6, 6.07) is 16.4. The van der Waals surface area contributed by atoms with Crippen molar-refractivity contribution < 1.29 is 19.4 Å². The van der Waals surface area contributed by atoms with Gasteiger partial charge in [-0.25, -0.2) is 9.78 Å². The number of aryl methyl sites for hydroxylation is 2. The lowest BCUT2D eigenvalue weighted by atomic mass is 9.89. The SMILES string of the molecule is CCc1cc2c(cc1Oc1ccnc(NC(=O)c3ccc(C4CCN(CCO)CC4)cc3)c1)cc(C)n2C(N)=O. The number of aliphatic hydroxyl groups excluding tert-OH is 1. The number of β-amino-alcohol motifs (C(OH)–C–C–N with tert-alkyl or cyclic N) is 1. The quantitative estimate of drug-likeness (QED) is 0.287. The monoisotopic (exact) mass is 541 g/mol. The molecule has 0 saturated carbocycles. The van der Waals surface area contributed by atoms with Crippen molar-refractivity contribution in [2.45, 2.75) is 39.0 Å². The summed E-state index contributed by atoms with van der Waals surface area (Å²) in [5.41, 5.74) is 9.80. The second-order valence-corrected chi connectivity index (χ2v) is 10.2. The highest BCUT2D eigenvalue weighted by molar-refractivity contribution is 6.03. The number of anilines is 1. The van der Waals surface area contributed by atoms with Crippen LogP contribution in [0.5, 0.6) is 11.5 Å². The Hall–Kier alpha value is -4.21. The number of likely N-dealkylation sites (tertiary alicyclic amines) is 1. The molecule has 0 aliphatic carbocycles. The number of primary amides is 1. The number of carbonyl (C=O) groups excluding carboxylic acids is 2. The van der Waals surface area contributed by atoms with Gasteiger partial charge in [0.25, 0.3) is 5.91 Å². The Bertz CT molecular complexity index is 1520. The van der Waals surface area contributed by atoms with E-state index in [0.29, 0.717) is 35.2 Å². The molecule has 0 spiro atoms. The van der Waals surface area contributed by atoms with E-state index in [1.54, 1.807) is 18.3 Å². The lowest BCUT2D eigenvalue weighted by Crippen LogP contribution is -2.34. The van der Waals surface area contributed by atoms with Gasteiger partial charge in [0.2, 0.25) is 0 Å². The minimum absolute atomic E-state index is 0.195. The van der Waals surface area contributed by atoms with Crippen LogP contribution in [0.1, 0.15) is 52.9 Å². The molecule has 9 nitrogen and oxygen atoms in total. The Kier molecular flexibility index (Phi) is 8.14. The summed E-state index contributed by atoms with van der Waals surface area (Å²) in [6.45, 7) is 6.73. The number of rotatable bonds is 8. The number of piperidine rings is 1. The van der Waals surface area contributed by atoms with E-state index < -0.39 is 6.03 Å². The largest absolute Gasteiger partial charge is 0.457 e. The van der Waals surface area contributed by atoms with Gasteiger partial charge in [0.1, 0.15) is 17.3 Å². The molecule has 0 atom stereocenters. The Labute approximate surface area is 233 Å². The number of nitrogens with one attached hydrogen (secondary N) is 1. The van der Waals surface area contributed by atoms with Gasteiger partial charge in [-0.1, -0.05) is 19.1 Å². The van der Waals surface area contributed by atoms with Gasteiger partial charge < -0.3 is 25.8 Å². The first-order valence-corrected chi connectivity index (χ1v) is 13.7. The van der Waals surface area contributed by atoms with Crippen molar-refractivity contribution in [1.29, 1.82) is 0 Å². The number of benzene rings is 2. The zero-order valence-corrected chi connectivity index (χ0v) is 22.9. The van der Waals surface area contributed by atoms with Gasteiger partial charge in [0.15, 0.2) is 0 Å². The highest BCUT2D eigenvalue weighted by Gasteiger charge is 2.21. The minimum atomic E-state index is -0.521. The molecule has 1 saturated heterocycles. The third-order valence-corrected chi connectivity index (χ3v) is 7.62. The fraction of sp³-hybridized carbons (Fsp3) is 0.323. The van der Waals surface area contributed by atoms with Crippen LogP contribution in [0.2, 0.25) is 0 Å². The normalized spacial score (nSPS) is 14.4. The van der Waals surface area contributed by atoms with Crippen molar-refractivity contribution in [1.82, 2.24) is 14.5 Å². The highest BCUT2D eigenvalue weighted by Crippen LogP contribution is 2.33. The predicted octanol–water partition coefficient (Wildman–Crippen LogP) is 5.05. The number of hydrogen-bond acceptors (Lipinski definition) is 6. The van der Waals surface area contributed by atoms with Gasteiger partial charge in [0.05, 0.1) is 12.1 Å². The Morgan fingerprint density at radius 3 is 2.52 bits per heavy atom. The van der Waals surface area contributed by atoms with Crippen LogP contribution in [-0.4, -0.2) is 57.7 Å². The number of aliphatic hydroxyl groups is 1. The van der Waals surface area contributed by atoms with Crippen molar-refractivity contribution in [3.8, 4) is 11.5 Å². The number of pyridine rings is 1. The fourth-order valence-electron chi connectivity index (χ4n) is 5.48. The third kappa shape index (κ3) is 5.85. The zero-order valence-electron chi connectivity index (χ0n) is 22.9. The lowest BCUT2D eigenvalue weighted by molar-refractivity contribution is 0.102. The fourth-order valence-corrected chi connectivity index (χ4v) is 5.48. The maximum atomic E-state index is 13.0. The Balaban J connectivity index is 1.27. The number of carbonyl (C=O) groups is 2. The van der Waals surface area contributed by atoms with Crippen LogP contribution < -0.4 is 15.8 Å². The summed E-state index contributed by atoms with van der Waals surface area (Å²) < 4.78 is 7.71. The number of fused-ring (bicyclic) bond motifs is 1. The first-order chi connectivity index (χ1) is 19.4.